The third kappa shape index (κ3) is 0.783. The Morgan fingerprint density at radius 1 is 1.25 bits per heavy atom. The minimum absolute atomic E-state index is 0.176. The van der Waals surface area contributed by atoms with Crippen LogP contribution in [0.3, 0.4) is 0 Å². The summed E-state index contributed by atoms with van der Waals surface area (Å²) in [6.07, 6.45) is -6.33. The van der Waals surface area contributed by atoms with E-state index in [1.807, 2.05) is 0 Å². The summed E-state index contributed by atoms with van der Waals surface area (Å²) in [5, 5.41) is 0. The van der Waals surface area contributed by atoms with Gasteiger partial charge in [0.05, 0.1) is 0 Å². The van der Waals surface area contributed by atoms with Crippen LogP contribution >= 0.6 is 0 Å². The molecule has 2 unspecified atom stereocenters. The molecule has 1 aliphatic rings. The van der Waals surface area contributed by atoms with Crippen molar-refractivity contribution in [3.8, 4) is 0 Å². The molecule has 0 heterocycles. The van der Waals surface area contributed by atoms with E-state index in [-0.39, 0.29) is 6.42 Å². The standard InChI is InChI=1S/C8H12F4/c1-4-7(8(10,11)12)5(9)6(7,2)3/h5H,4H2,1-3H3. The zero-order valence-corrected chi connectivity index (χ0v) is 7.30. The van der Waals surface area contributed by atoms with E-state index in [1.54, 1.807) is 0 Å². The predicted molar refractivity (Wildman–Crippen MR) is 37.5 cm³/mol. The minimum atomic E-state index is -4.41. The van der Waals surface area contributed by atoms with Gasteiger partial charge < -0.3 is 0 Å². The molecule has 0 saturated heterocycles. The first-order valence-electron chi connectivity index (χ1n) is 3.92. The van der Waals surface area contributed by atoms with E-state index in [0.717, 1.165) is 0 Å². The van der Waals surface area contributed by atoms with Crippen LogP contribution in [0.1, 0.15) is 27.2 Å². The van der Waals surface area contributed by atoms with Gasteiger partial charge in [-0.25, -0.2) is 4.39 Å². The van der Waals surface area contributed by atoms with Gasteiger partial charge in [0.25, 0.3) is 0 Å². The van der Waals surface area contributed by atoms with Crippen LogP contribution in [-0.4, -0.2) is 12.3 Å². The van der Waals surface area contributed by atoms with Gasteiger partial charge in [-0.1, -0.05) is 20.8 Å². The molecule has 2 atom stereocenters. The van der Waals surface area contributed by atoms with Gasteiger partial charge >= 0.3 is 6.18 Å². The molecule has 0 radical (unpaired) electrons. The van der Waals surface area contributed by atoms with Crippen LogP contribution in [0.15, 0.2) is 0 Å². The van der Waals surface area contributed by atoms with E-state index in [9.17, 15) is 17.6 Å². The first-order chi connectivity index (χ1) is 5.22. The zero-order valence-electron chi connectivity index (χ0n) is 7.30. The first kappa shape index (κ1) is 9.81. The fourth-order valence-corrected chi connectivity index (χ4v) is 2.13. The van der Waals surface area contributed by atoms with Gasteiger partial charge in [0.15, 0.2) is 0 Å². The van der Waals surface area contributed by atoms with Crippen molar-refractivity contribution < 1.29 is 17.6 Å². The maximum Gasteiger partial charge on any atom is 0.397 e. The molecule has 72 valence electrons. The summed E-state index contributed by atoms with van der Waals surface area (Å²) >= 11 is 0. The molecule has 0 amide bonds. The molecule has 0 aromatic heterocycles. The van der Waals surface area contributed by atoms with Crippen LogP contribution in [0.2, 0.25) is 0 Å². The van der Waals surface area contributed by atoms with Crippen molar-refractivity contribution in [3.63, 3.8) is 0 Å². The van der Waals surface area contributed by atoms with E-state index in [2.05, 4.69) is 0 Å². The number of hydrogen-bond acceptors (Lipinski definition) is 0. The van der Waals surface area contributed by atoms with Gasteiger partial charge in [0.1, 0.15) is 11.6 Å². The molecule has 4 heteroatoms. The van der Waals surface area contributed by atoms with Crippen molar-refractivity contribution in [2.45, 2.75) is 39.5 Å². The molecule has 12 heavy (non-hydrogen) atoms. The Labute approximate surface area is 69.0 Å². The molecular weight excluding hydrogens is 172 g/mol. The van der Waals surface area contributed by atoms with E-state index in [1.165, 1.54) is 20.8 Å². The molecular formula is C8H12F4. The lowest BCUT2D eigenvalue weighted by Crippen LogP contribution is -2.29. The Morgan fingerprint density at radius 2 is 1.58 bits per heavy atom. The molecule has 1 rings (SSSR count). The number of rotatable bonds is 1. The van der Waals surface area contributed by atoms with E-state index >= 15 is 0 Å². The molecule has 0 spiro atoms. The second-order valence-electron chi connectivity index (χ2n) is 3.91. The number of halogens is 4. The van der Waals surface area contributed by atoms with Crippen LogP contribution in [0, 0.1) is 10.8 Å². The average Bonchev–Trinajstić information content (AvgIpc) is 2.28. The molecule has 0 aliphatic heterocycles. The highest BCUT2D eigenvalue weighted by Gasteiger charge is 2.83. The second kappa shape index (κ2) is 2.15. The Hall–Kier alpha value is -0.280. The van der Waals surface area contributed by atoms with E-state index in [0.29, 0.717) is 0 Å². The van der Waals surface area contributed by atoms with Gasteiger partial charge in [0.2, 0.25) is 0 Å². The third-order valence-corrected chi connectivity index (χ3v) is 3.20. The minimum Gasteiger partial charge on any atom is -0.246 e. The Bertz CT molecular complexity index is 182. The van der Waals surface area contributed by atoms with Crippen LogP contribution in [0.5, 0.6) is 0 Å². The fourth-order valence-electron chi connectivity index (χ4n) is 2.13. The largest absolute Gasteiger partial charge is 0.397 e. The van der Waals surface area contributed by atoms with Crippen molar-refractivity contribution >= 4 is 0 Å². The monoisotopic (exact) mass is 184 g/mol. The lowest BCUT2D eigenvalue weighted by molar-refractivity contribution is -0.202. The number of alkyl halides is 4. The molecule has 0 N–H and O–H groups in total. The quantitative estimate of drug-likeness (QED) is 0.548. The highest BCUT2D eigenvalue weighted by molar-refractivity contribution is 5.21. The highest BCUT2D eigenvalue weighted by atomic mass is 19.4. The summed E-state index contributed by atoms with van der Waals surface area (Å²) in [7, 11) is 0. The van der Waals surface area contributed by atoms with Crippen molar-refractivity contribution in [1.82, 2.24) is 0 Å². The van der Waals surface area contributed by atoms with Gasteiger partial charge in [-0.15, -0.1) is 0 Å². The summed E-state index contributed by atoms with van der Waals surface area (Å²) in [6.45, 7) is 4.04. The van der Waals surface area contributed by atoms with Crippen LogP contribution in [-0.2, 0) is 0 Å². The molecule has 1 aliphatic carbocycles. The van der Waals surface area contributed by atoms with Gasteiger partial charge in [0, 0.05) is 5.41 Å². The molecule has 0 aromatic carbocycles. The van der Waals surface area contributed by atoms with Gasteiger partial charge in [-0.2, -0.15) is 13.2 Å². The summed E-state index contributed by atoms with van der Waals surface area (Å²) < 4.78 is 50.2. The van der Waals surface area contributed by atoms with Crippen molar-refractivity contribution in [2.75, 3.05) is 0 Å². The third-order valence-electron chi connectivity index (χ3n) is 3.20. The van der Waals surface area contributed by atoms with Crippen molar-refractivity contribution in [3.05, 3.63) is 0 Å². The second-order valence-corrected chi connectivity index (χ2v) is 3.91. The van der Waals surface area contributed by atoms with Crippen LogP contribution in [0.4, 0.5) is 17.6 Å². The van der Waals surface area contributed by atoms with E-state index in [4.69, 9.17) is 0 Å². The average molecular weight is 184 g/mol. The van der Waals surface area contributed by atoms with Crippen molar-refractivity contribution in [2.24, 2.45) is 10.8 Å². The lowest BCUT2D eigenvalue weighted by atomic mass is 9.92. The Morgan fingerprint density at radius 3 is 1.58 bits per heavy atom. The van der Waals surface area contributed by atoms with Crippen LogP contribution < -0.4 is 0 Å². The normalized spacial score (nSPS) is 39.8. The molecule has 1 fully saturated rings. The smallest absolute Gasteiger partial charge is 0.246 e. The fraction of sp³-hybridized carbons (Fsp3) is 1.00. The summed E-state index contributed by atoms with van der Waals surface area (Å²) in [5.74, 6) is 0. The van der Waals surface area contributed by atoms with Gasteiger partial charge in [-0.05, 0) is 6.42 Å². The maximum atomic E-state index is 13.0. The zero-order chi connectivity index (χ0) is 9.78. The van der Waals surface area contributed by atoms with Crippen molar-refractivity contribution in [1.29, 1.82) is 0 Å². The van der Waals surface area contributed by atoms with E-state index < -0.39 is 23.2 Å². The number of hydrogen-bond donors (Lipinski definition) is 0. The summed E-state index contributed by atoms with van der Waals surface area (Å²) in [5.41, 5.74) is -3.32. The molecule has 1 saturated carbocycles. The summed E-state index contributed by atoms with van der Waals surface area (Å²) in [6, 6.07) is 0. The molecule has 0 bridgehead atoms. The molecule has 0 aromatic rings. The SMILES string of the molecule is CCC1(C(F)(F)F)C(F)C1(C)C. The Kier molecular flexibility index (Phi) is 1.75. The predicted octanol–water partition coefficient (Wildman–Crippen LogP) is 3.32. The first-order valence-corrected chi connectivity index (χ1v) is 3.92. The highest BCUT2D eigenvalue weighted by Crippen LogP contribution is 2.73. The summed E-state index contributed by atoms with van der Waals surface area (Å²) in [4.78, 5) is 0. The maximum absolute atomic E-state index is 13.0. The lowest BCUT2D eigenvalue weighted by Gasteiger charge is -2.20. The Balaban J connectivity index is 2.99. The van der Waals surface area contributed by atoms with Crippen LogP contribution in [0.25, 0.3) is 0 Å². The topological polar surface area (TPSA) is 0 Å². The van der Waals surface area contributed by atoms with Gasteiger partial charge in [-0.3, -0.25) is 0 Å². The molecule has 0 nitrogen and oxygen atoms in total.